The standard InChI is InChI=1S/C17H28O/c1-8-16(4,5)13-11-10-12(3)14(15(13)18)17(6,7)9-2/h10-11,18H,8-9H2,1-7H3. The highest BCUT2D eigenvalue weighted by Crippen LogP contribution is 2.42. The van der Waals surface area contributed by atoms with Crippen LogP contribution in [0.3, 0.4) is 0 Å². The summed E-state index contributed by atoms with van der Waals surface area (Å²) >= 11 is 0. The molecule has 1 rings (SSSR count). The number of aromatic hydroxyl groups is 1. The predicted octanol–water partition coefficient (Wildman–Crippen LogP) is 5.08. The molecule has 0 aromatic heterocycles. The summed E-state index contributed by atoms with van der Waals surface area (Å²) in [5.41, 5.74) is 3.43. The van der Waals surface area contributed by atoms with Gasteiger partial charge < -0.3 is 5.11 Å². The highest BCUT2D eigenvalue weighted by atomic mass is 16.3. The molecule has 1 heteroatoms. The first-order valence-electron chi connectivity index (χ1n) is 7.01. The van der Waals surface area contributed by atoms with Crippen LogP contribution in [0.25, 0.3) is 0 Å². The molecule has 0 saturated carbocycles. The van der Waals surface area contributed by atoms with Crippen molar-refractivity contribution in [3.8, 4) is 5.75 Å². The van der Waals surface area contributed by atoms with Crippen LogP contribution >= 0.6 is 0 Å². The lowest BCUT2D eigenvalue weighted by molar-refractivity contribution is 0.399. The summed E-state index contributed by atoms with van der Waals surface area (Å²) in [5.74, 6) is 0.508. The van der Waals surface area contributed by atoms with Gasteiger partial charge in [0.15, 0.2) is 0 Å². The molecule has 0 aliphatic rings. The third kappa shape index (κ3) is 2.55. The first kappa shape index (κ1) is 15.1. The topological polar surface area (TPSA) is 20.2 Å². The van der Waals surface area contributed by atoms with E-state index in [4.69, 9.17) is 0 Å². The van der Waals surface area contributed by atoms with Crippen molar-refractivity contribution in [2.45, 2.75) is 72.1 Å². The second kappa shape index (κ2) is 4.95. The van der Waals surface area contributed by atoms with Crippen molar-refractivity contribution < 1.29 is 5.11 Å². The summed E-state index contributed by atoms with van der Waals surface area (Å²) < 4.78 is 0. The smallest absolute Gasteiger partial charge is 0.123 e. The largest absolute Gasteiger partial charge is 0.507 e. The van der Waals surface area contributed by atoms with Gasteiger partial charge in [0.05, 0.1) is 0 Å². The van der Waals surface area contributed by atoms with Crippen LogP contribution in [0, 0.1) is 6.92 Å². The maximum atomic E-state index is 10.7. The van der Waals surface area contributed by atoms with E-state index >= 15 is 0 Å². The Hall–Kier alpha value is -0.980. The van der Waals surface area contributed by atoms with E-state index in [1.807, 2.05) is 0 Å². The van der Waals surface area contributed by atoms with Crippen molar-refractivity contribution in [2.24, 2.45) is 0 Å². The number of hydrogen-bond acceptors (Lipinski definition) is 1. The third-order valence-electron chi connectivity index (χ3n) is 4.56. The van der Waals surface area contributed by atoms with E-state index < -0.39 is 0 Å². The molecule has 0 spiro atoms. The van der Waals surface area contributed by atoms with Crippen LogP contribution in [0.15, 0.2) is 12.1 Å². The van der Waals surface area contributed by atoms with E-state index in [1.165, 1.54) is 5.56 Å². The summed E-state index contributed by atoms with van der Waals surface area (Å²) in [7, 11) is 0. The molecule has 102 valence electrons. The molecule has 1 aromatic carbocycles. The molecule has 0 unspecified atom stereocenters. The zero-order valence-electron chi connectivity index (χ0n) is 13.0. The highest BCUT2D eigenvalue weighted by Gasteiger charge is 2.29. The number of hydrogen-bond donors (Lipinski definition) is 1. The molecular formula is C17H28O. The maximum absolute atomic E-state index is 10.7. The summed E-state index contributed by atoms with van der Waals surface area (Å²) in [4.78, 5) is 0. The van der Waals surface area contributed by atoms with E-state index in [-0.39, 0.29) is 10.8 Å². The van der Waals surface area contributed by atoms with Gasteiger partial charge in [-0.05, 0) is 41.7 Å². The predicted molar refractivity (Wildman–Crippen MR) is 79.5 cm³/mol. The van der Waals surface area contributed by atoms with Gasteiger partial charge in [-0.25, -0.2) is 0 Å². The molecule has 0 aliphatic heterocycles. The quantitative estimate of drug-likeness (QED) is 0.788. The molecule has 1 N–H and O–H groups in total. The van der Waals surface area contributed by atoms with Crippen molar-refractivity contribution in [3.05, 3.63) is 28.8 Å². The summed E-state index contributed by atoms with van der Waals surface area (Å²) in [6, 6.07) is 4.24. The minimum atomic E-state index is 0.0218. The lowest BCUT2D eigenvalue weighted by atomic mass is 9.74. The van der Waals surface area contributed by atoms with Crippen molar-refractivity contribution in [1.29, 1.82) is 0 Å². The summed E-state index contributed by atoms with van der Waals surface area (Å²) in [5, 5.41) is 10.7. The van der Waals surface area contributed by atoms with Crippen molar-refractivity contribution in [3.63, 3.8) is 0 Å². The van der Waals surface area contributed by atoms with Crippen LogP contribution in [0.5, 0.6) is 5.75 Å². The number of phenols is 1. The first-order chi connectivity index (χ1) is 8.17. The number of benzene rings is 1. The van der Waals surface area contributed by atoms with E-state index in [1.54, 1.807) is 0 Å². The lowest BCUT2D eigenvalue weighted by Crippen LogP contribution is -2.21. The minimum Gasteiger partial charge on any atom is -0.507 e. The van der Waals surface area contributed by atoms with Gasteiger partial charge >= 0.3 is 0 Å². The van der Waals surface area contributed by atoms with Crippen LogP contribution < -0.4 is 0 Å². The van der Waals surface area contributed by atoms with Gasteiger partial charge in [0.2, 0.25) is 0 Å². The SMILES string of the molecule is CCC(C)(C)c1ccc(C)c(C(C)(C)CC)c1O. The Labute approximate surface area is 112 Å². The molecule has 1 nitrogen and oxygen atoms in total. The Morgan fingerprint density at radius 1 is 0.944 bits per heavy atom. The Balaban J connectivity index is 3.51. The average Bonchev–Trinajstić information content (AvgIpc) is 2.28. The molecule has 0 bridgehead atoms. The fraction of sp³-hybridized carbons (Fsp3) is 0.647. The molecule has 1 aromatic rings. The Bertz CT molecular complexity index is 427. The first-order valence-corrected chi connectivity index (χ1v) is 7.01. The van der Waals surface area contributed by atoms with Gasteiger partial charge in [-0.3, -0.25) is 0 Å². The molecule has 0 radical (unpaired) electrons. The second-order valence-electron chi connectivity index (χ2n) is 6.63. The Morgan fingerprint density at radius 3 is 1.89 bits per heavy atom. The van der Waals surface area contributed by atoms with Crippen LogP contribution in [0.1, 0.15) is 71.1 Å². The number of rotatable bonds is 4. The molecule has 0 heterocycles. The van der Waals surface area contributed by atoms with Crippen LogP contribution in [0.2, 0.25) is 0 Å². The van der Waals surface area contributed by atoms with E-state index in [9.17, 15) is 5.11 Å². The molecule has 0 amide bonds. The normalized spacial score (nSPS) is 12.8. The van der Waals surface area contributed by atoms with Crippen molar-refractivity contribution in [2.75, 3.05) is 0 Å². The van der Waals surface area contributed by atoms with Gasteiger partial charge in [0.25, 0.3) is 0 Å². The molecule has 0 atom stereocenters. The Kier molecular flexibility index (Phi) is 4.15. The lowest BCUT2D eigenvalue weighted by Gasteiger charge is -2.31. The molecule has 0 fully saturated rings. The van der Waals surface area contributed by atoms with E-state index in [0.717, 1.165) is 24.0 Å². The molecule has 0 aliphatic carbocycles. The van der Waals surface area contributed by atoms with E-state index in [2.05, 4.69) is 60.6 Å². The zero-order chi connectivity index (χ0) is 14.1. The van der Waals surface area contributed by atoms with Gasteiger partial charge in [-0.1, -0.05) is 53.7 Å². The van der Waals surface area contributed by atoms with Crippen LogP contribution in [0.4, 0.5) is 0 Å². The van der Waals surface area contributed by atoms with Crippen LogP contribution in [-0.2, 0) is 10.8 Å². The maximum Gasteiger partial charge on any atom is 0.123 e. The fourth-order valence-corrected chi connectivity index (χ4v) is 2.46. The summed E-state index contributed by atoms with van der Waals surface area (Å²) in [6.45, 7) is 15.2. The second-order valence-corrected chi connectivity index (χ2v) is 6.63. The van der Waals surface area contributed by atoms with Crippen LogP contribution in [-0.4, -0.2) is 5.11 Å². The summed E-state index contributed by atoms with van der Waals surface area (Å²) in [6.07, 6.45) is 2.05. The number of phenolic OH excluding ortho intramolecular Hbond substituents is 1. The van der Waals surface area contributed by atoms with Gasteiger partial charge in [-0.2, -0.15) is 0 Å². The van der Waals surface area contributed by atoms with Gasteiger partial charge in [0.1, 0.15) is 5.75 Å². The molecule has 0 saturated heterocycles. The monoisotopic (exact) mass is 248 g/mol. The third-order valence-corrected chi connectivity index (χ3v) is 4.56. The highest BCUT2D eigenvalue weighted by molar-refractivity contribution is 5.51. The minimum absolute atomic E-state index is 0.0218. The van der Waals surface area contributed by atoms with Gasteiger partial charge in [0, 0.05) is 5.56 Å². The fourth-order valence-electron chi connectivity index (χ4n) is 2.46. The van der Waals surface area contributed by atoms with Gasteiger partial charge in [-0.15, -0.1) is 0 Å². The molecular weight excluding hydrogens is 220 g/mol. The van der Waals surface area contributed by atoms with E-state index in [0.29, 0.717) is 5.75 Å². The number of aryl methyl sites for hydroxylation is 1. The van der Waals surface area contributed by atoms with Crippen molar-refractivity contribution >= 4 is 0 Å². The average molecular weight is 248 g/mol. The van der Waals surface area contributed by atoms with Crippen molar-refractivity contribution in [1.82, 2.24) is 0 Å². The molecule has 18 heavy (non-hydrogen) atoms. The Morgan fingerprint density at radius 2 is 1.44 bits per heavy atom. The zero-order valence-corrected chi connectivity index (χ0v) is 13.0.